The number of anilines is 1. The van der Waals surface area contributed by atoms with Crippen LogP contribution in [-0.2, 0) is 0 Å². The Bertz CT molecular complexity index is 855. The maximum absolute atomic E-state index is 10.8. The van der Waals surface area contributed by atoms with Crippen molar-refractivity contribution in [3.8, 4) is 6.07 Å². The predicted molar refractivity (Wildman–Crippen MR) is 91.1 cm³/mol. The van der Waals surface area contributed by atoms with Crippen LogP contribution in [-0.4, -0.2) is 11.5 Å². The lowest BCUT2D eigenvalue weighted by molar-refractivity contribution is -0.384. The van der Waals surface area contributed by atoms with E-state index in [4.69, 9.17) is 0 Å². The molecular weight excluding hydrogens is 310 g/mol. The number of nitriles is 1. The molecular formula is C17H13N3O2S. The zero-order valence-corrected chi connectivity index (χ0v) is 13.2. The molecule has 1 heterocycles. The van der Waals surface area contributed by atoms with Crippen LogP contribution in [0.25, 0.3) is 6.08 Å². The van der Waals surface area contributed by atoms with Gasteiger partial charge < -0.3 is 4.90 Å². The SMILES string of the molecule is CCN1C(=Cc2ccc([N+](=O)[O-])cc2C#N)Sc2ccccc21. The van der Waals surface area contributed by atoms with Crippen molar-refractivity contribution >= 4 is 29.2 Å². The number of nitro groups is 1. The van der Waals surface area contributed by atoms with Crippen molar-refractivity contribution < 1.29 is 4.92 Å². The van der Waals surface area contributed by atoms with E-state index < -0.39 is 4.92 Å². The molecule has 0 bridgehead atoms. The second-order valence-electron chi connectivity index (χ2n) is 4.94. The summed E-state index contributed by atoms with van der Waals surface area (Å²) in [6.45, 7) is 2.88. The highest BCUT2D eigenvalue weighted by atomic mass is 32.2. The lowest BCUT2D eigenvalue weighted by Gasteiger charge is -2.18. The van der Waals surface area contributed by atoms with Gasteiger partial charge in [0.2, 0.25) is 0 Å². The molecule has 2 aromatic rings. The Balaban J connectivity index is 2.03. The van der Waals surface area contributed by atoms with E-state index >= 15 is 0 Å². The van der Waals surface area contributed by atoms with Crippen molar-refractivity contribution in [2.24, 2.45) is 0 Å². The monoisotopic (exact) mass is 323 g/mol. The summed E-state index contributed by atoms with van der Waals surface area (Å²) in [7, 11) is 0. The van der Waals surface area contributed by atoms with Gasteiger partial charge in [0, 0.05) is 23.6 Å². The van der Waals surface area contributed by atoms with Crippen LogP contribution in [0, 0.1) is 21.4 Å². The van der Waals surface area contributed by atoms with Gasteiger partial charge in [-0.1, -0.05) is 23.9 Å². The molecule has 3 rings (SSSR count). The standard InChI is InChI=1S/C17H13N3O2S/c1-2-19-15-5-3-4-6-16(15)23-17(19)10-12-7-8-14(20(21)22)9-13(12)11-18/h3-10H,2H2,1H3. The van der Waals surface area contributed by atoms with E-state index in [0.29, 0.717) is 11.1 Å². The van der Waals surface area contributed by atoms with E-state index in [9.17, 15) is 15.4 Å². The molecule has 1 aliphatic rings. The number of non-ortho nitro benzene ring substituents is 1. The average molecular weight is 323 g/mol. The molecule has 0 radical (unpaired) electrons. The van der Waals surface area contributed by atoms with Gasteiger partial charge in [-0.25, -0.2) is 0 Å². The van der Waals surface area contributed by atoms with Gasteiger partial charge in [-0.2, -0.15) is 5.26 Å². The van der Waals surface area contributed by atoms with Crippen LogP contribution in [0.1, 0.15) is 18.1 Å². The number of nitro benzene ring substituents is 1. The van der Waals surface area contributed by atoms with Gasteiger partial charge in [-0.05, 0) is 36.8 Å². The fourth-order valence-corrected chi connectivity index (χ4v) is 3.68. The first-order chi connectivity index (χ1) is 11.1. The summed E-state index contributed by atoms with van der Waals surface area (Å²) in [5.41, 5.74) is 2.07. The number of thioether (sulfide) groups is 1. The van der Waals surface area contributed by atoms with Crippen molar-refractivity contribution in [3.05, 3.63) is 68.7 Å². The number of hydrogen-bond donors (Lipinski definition) is 0. The molecule has 0 unspecified atom stereocenters. The maximum Gasteiger partial charge on any atom is 0.270 e. The second kappa shape index (κ2) is 6.15. The minimum atomic E-state index is -0.490. The molecule has 5 nitrogen and oxygen atoms in total. The number of fused-ring (bicyclic) bond motifs is 1. The molecule has 0 spiro atoms. The lowest BCUT2D eigenvalue weighted by atomic mass is 10.1. The van der Waals surface area contributed by atoms with Gasteiger partial charge in [-0.15, -0.1) is 0 Å². The molecule has 0 amide bonds. The number of rotatable bonds is 3. The number of hydrogen-bond acceptors (Lipinski definition) is 5. The van der Waals surface area contributed by atoms with Crippen molar-refractivity contribution in [1.82, 2.24) is 0 Å². The molecule has 6 heteroatoms. The van der Waals surface area contributed by atoms with E-state index in [-0.39, 0.29) is 5.69 Å². The van der Waals surface area contributed by atoms with Crippen LogP contribution in [0.5, 0.6) is 0 Å². The molecule has 2 aromatic carbocycles. The maximum atomic E-state index is 10.8. The molecule has 1 aliphatic heterocycles. The van der Waals surface area contributed by atoms with Gasteiger partial charge in [0.1, 0.15) is 6.07 Å². The number of nitrogens with zero attached hydrogens (tertiary/aromatic N) is 3. The van der Waals surface area contributed by atoms with Crippen LogP contribution < -0.4 is 4.90 Å². The van der Waals surface area contributed by atoms with Crippen LogP contribution in [0.4, 0.5) is 11.4 Å². The van der Waals surface area contributed by atoms with Crippen molar-refractivity contribution in [2.45, 2.75) is 11.8 Å². The molecule has 0 saturated carbocycles. The van der Waals surface area contributed by atoms with Crippen LogP contribution in [0.3, 0.4) is 0 Å². The summed E-state index contributed by atoms with van der Waals surface area (Å²) in [5, 5.41) is 21.1. The fraction of sp³-hybridized carbons (Fsp3) is 0.118. The Labute approximate surface area is 138 Å². The lowest BCUT2D eigenvalue weighted by Crippen LogP contribution is -2.16. The zero-order chi connectivity index (χ0) is 16.4. The summed E-state index contributed by atoms with van der Waals surface area (Å²) in [4.78, 5) is 13.7. The third kappa shape index (κ3) is 2.79. The highest BCUT2D eigenvalue weighted by molar-refractivity contribution is 8.03. The Morgan fingerprint density at radius 2 is 2.13 bits per heavy atom. The first kappa shape index (κ1) is 15.1. The molecule has 23 heavy (non-hydrogen) atoms. The van der Waals surface area contributed by atoms with Crippen molar-refractivity contribution in [2.75, 3.05) is 11.4 Å². The van der Waals surface area contributed by atoms with Crippen molar-refractivity contribution in [1.29, 1.82) is 5.26 Å². The first-order valence-corrected chi connectivity index (χ1v) is 7.90. The average Bonchev–Trinajstić information content (AvgIpc) is 2.92. The summed E-state index contributed by atoms with van der Waals surface area (Å²) in [6, 6.07) is 14.5. The van der Waals surface area contributed by atoms with Crippen LogP contribution >= 0.6 is 11.8 Å². The molecule has 0 atom stereocenters. The van der Waals surface area contributed by atoms with E-state index in [0.717, 1.165) is 17.3 Å². The van der Waals surface area contributed by atoms with E-state index in [1.807, 2.05) is 24.3 Å². The first-order valence-electron chi connectivity index (χ1n) is 7.08. The van der Waals surface area contributed by atoms with Gasteiger partial charge in [0.25, 0.3) is 5.69 Å². The Hall–Kier alpha value is -2.78. The van der Waals surface area contributed by atoms with E-state index in [2.05, 4.69) is 24.0 Å². The van der Waals surface area contributed by atoms with Crippen molar-refractivity contribution in [3.63, 3.8) is 0 Å². The van der Waals surface area contributed by atoms with Gasteiger partial charge >= 0.3 is 0 Å². The summed E-state index contributed by atoms with van der Waals surface area (Å²) in [5.74, 6) is 0. The Kier molecular flexibility index (Phi) is 4.04. The van der Waals surface area contributed by atoms with Gasteiger partial charge in [-0.3, -0.25) is 10.1 Å². The molecule has 0 fully saturated rings. The molecule has 0 aromatic heterocycles. The Morgan fingerprint density at radius 1 is 1.35 bits per heavy atom. The second-order valence-corrected chi connectivity index (χ2v) is 6.00. The predicted octanol–water partition coefficient (Wildman–Crippen LogP) is 4.40. The third-order valence-electron chi connectivity index (χ3n) is 3.60. The normalized spacial score (nSPS) is 14.6. The largest absolute Gasteiger partial charge is 0.335 e. The molecule has 114 valence electrons. The van der Waals surface area contributed by atoms with E-state index in [1.54, 1.807) is 17.8 Å². The number of para-hydroxylation sites is 1. The zero-order valence-electron chi connectivity index (χ0n) is 12.4. The van der Waals surface area contributed by atoms with Gasteiger partial charge in [0.15, 0.2) is 0 Å². The topological polar surface area (TPSA) is 70.2 Å². The van der Waals surface area contributed by atoms with Crippen LogP contribution in [0.15, 0.2) is 52.4 Å². The summed E-state index contributed by atoms with van der Waals surface area (Å²) >= 11 is 1.64. The summed E-state index contributed by atoms with van der Waals surface area (Å²) < 4.78 is 0. The fourth-order valence-electron chi connectivity index (χ4n) is 2.50. The molecule has 0 aliphatic carbocycles. The Morgan fingerprint density at radius 3 is 2.83 bits per heavy atom. The summed E-state index contributed by atoms with van der Waals surface area (Å²) in [6.07, 6.45) is 1.91. The minimum Gasteiger partial charge on any atom is -0.335 e. The quantitative estimate of drug-likeness (QED) is 0.618. The van der Waals surface area contributed by atoms with Crippen LogP contribution in [0.2, 0.25) is 0 Å². The van der Waals surface area contributed by atoms with E-state index in [1.165, 1.54) is 17.0 Å². The molecule has 0 saturated heterocycles. The molecule has 0 N–H and O–H groups in total. The number of benzene rings is 2. The third-order valence-corrected chi connectivity index (χ3v) is 4.71. The highest BCUT2D eigenvalue weighted by Gasteiger charge is 2.23. The smallest absolute Gasteiger partial charge is 0.270 e. The highest BCUT2D eigenvalue weighted by Crippen LogP contribution is 2.46. The minimum absolute atomic E-state index is 0.0709. The van der Waals surface area contributed by atoms with Gasteiger partial charge in [0.05, 0.1) is 21.2 Å².